The van der Waals surface area contributed by atoms with Gasteiger partial charge in [-0.25, -0.2) is 0 Å². The van der Waals surface area contributed by atoms with Crippen LogP contribution >= 0.6 is 0 Å². The monoisotopic (exact) mass is 932 g/mol. The maximum Gasteiger partial charge on any atom is 0.121 e. The fraction of sp³-hybridized carbons (Fsp3) is 0.265. The van der Waals surface area contributed by atoms with Crippen molar-refractivity contribution in [1.82, 2.24) is 9.97 Å². The van der Waals surface area contributed by atoms with Crippen molar-refractivity contribution in [2.45, 2.75) is 83.3 Å². The van der Waals surface area contributed by atoms with Crippen molar-refractivity contribution >= 4 is 64.8 Å². The fourth-order valence-electron chi connectivity index (χ4n) is 8.01. The van der Waals surface area contributed by atoms with E-state index in [1.165, 1.54) is 44.4 Å². The molecule has 0 aliphatic carbocycles. The summed E-state index contributed by atoms with van der Waals surface area (Å²) in [5.74, 6) is 0.00741. The Bertz CT molecular complexity index is 2670. The van der Waals surface area contributed by atoms with Gasteiger partial charge in [0.1, 0.15) is 5.58 Å². The van der Waals surface area contributed by atoms with Crippen LogP contribution in [0.5, 0.6) is 0 Å². The summed E-state index contributed by atoms with van der Waals surface area (Å²) in [4.78, 5) is 9.38. The van der Waals surface area contributed by atoms with Crippen LogP contribution in [-0.4, -0.2) is 26.1 Å². The summed E-state index contributed by atoms with van der Waals surface area (Å²) < 4.78 is 15.8. The first-order chi connectivity index (χ1) is 26.3. The van der Waals surface area contributed by atoms with E-state index >= 15 is 0 Å². The molecule has 1 aliphatic rings. The Balaban J connectivity index is 0.000000205. The number of aromatic nitrogens is 2. The smallest absolute Gasteiger partial charge is 0.121 e. The predicted octanol–water partition coefficient (Wildman–Crippen LogP) is 13.6. The standard InChI is InChI=1S/C32H28NOSi.C17H22NSi.Ir/c1-35(2)16-13-21(14-17-35)23-12-15-33-30(19-23)27-9-5-8-26-29-18-24-11-10-22-6-3-4-7-25(22)28(24)20-31(29)34-32(26)27;1-13(2)15-11-16(14-9-7-6-8-10-14)18-12-17(15)19(3,4)5;/h3-8,10-12,15,18-21H,13-14,16-17H2,1-2H3;6-9,11-13H,1-5H3;/q2*-1;/i21D;;. The van der Waals surface area contributed by atoms with Crippen molar-refractivity contribution in [2.75, 3.05) is 0 Å². The van der Waals surface area contributed by atoms with Crippen LogP contribution in [0.3, 0.4) is 0 Å². The first-order valence-electron chi connectivity index (χ1n) is 19.9. The van der Waals surface area contributed by atoms with E-state index in [0.717, 1.165) is 62.9 Å². The number of rotatable bonds is 5. The molecule has 6 heteroatoms. The summed E-state index contributed by atoms with van der Waals surface area (Å²) in [5, 5.41) is 8.53. The van der Waals surface area contributed by atoms with Crippen LogP contribution in [0, 0.1) is 12.1 Å². The second-order valence-corrected chi connectivity index (χ2v) is 27.5. The molecule has 281 valence electrons. The van der Waals surface area contributed by atoms with Gasteiger partial charge in [0.15, 0.2) is 0 Å². The number of hydrogen-bond donors (Lipinski definition) is 0. The van der Waals surface area contributed by atoms with E-state index in [4.69, 9.17) is 9.40 Å². The molecule has 8 aromatic rings. The Morgan fingerprint density at radius 1 is 0.764 bits per heavy atom. The molecule has 0 spiro atoms. The Hall–Kier alpha value is -4.20. The molecule has 3 aromatic heterocycles. The predicted molar refractivity (Wildman–Crippen MR) is 235 cm³/mol. The third-order valence-corrected chi connectivity index (χ3v) is 16.5. The zero-order valence-electron chi connectivity index (χ0n) is 34.0. The average Bonchev–Trinajstić information content (AvgIpc) is 3.56. The van der Waals surface area contributed by atoms with E-state index in [1.54, 1.807) is 0 Å². The van der Waals surface area contributed by atoms with Crippen LogP contribution in [0.4, 0.5) is 0 Å². The zero-order chi connectivity index (χ0) is 38.5. The van der Waals surface area contributed by atoms with E-state index in [1.807, 2.05) is 36.5 Å². The van der Waals surface area contributed by atoms with E-state index in [9.17, 15) is 1.37 Å². The largest absolute Gasteiger partial charge is 0.501 e. The van der Waals surface area contributed by atoms with Gasteiger partial charge in [-0.1, -0.05) is 129 Å². The van der Waals surface area contributed by atoms with E-state index < -0.39 is 22.0 Å². The molecule has 5 aromatic carbocycles. The molecule has 0 atom stereocenters. The first kappa shape index (κ1) is 37.7. The molecule has 0 bridgehead atoms. The van der Waals surface area contributed by atoms with E-state index in [-0.39, 0.29) is 20.1 Å². The molecule has 3 nitrogen and oxygen atoms in total. The fourth-order valence-corrected chi connectivity index (χ4v) is 11.9. The molecular formula is C49H50IrN2OSi2-2. The first-order valence-corrected chi connectivity index (χ1v) is 26.3. The van der Waals surface area contributed by atoms with Gasteiger partial charge in [-0.05, 0) is 81.0 Å². The number of benzene rings is 5. The summed E-state index contributed by atoms with van der Waals surface area (Å²) in [6, 6.07) is 44.9. The summed E-state index contributed by atoms with van der Waals surface area (Å²) in [5.41, 5.74) is 8.01. The minimum atomic E-state index is -1.34. The van der Waals surface area contributed by atoms with Gasteiger partial charge >= 0.3 is 0 Å². The molecule has 1 saturated heterocycles. The van der Waals surface area contributed by atoms with E-state index in [2.05, 4.69) is 143 Å². The number of pyridine rings is 2. The van der Waals surface area contributed by atoms with Gasteiger partial charge in [-0.15, -0.1) is 54.1 Å². The molecule has 0 unspecified atom stereocenters. The van der Waals surface area contributed by atoms with Crippen molar-refractivity contribution in [3.63, 3.8) is 0 Å². The zero-order valence-corrected chi connectivity index (χ0v) is 37.4. The second kappa shape index (κ2) is 15.7. The maximum absolute atomic E-state index is 9.26. The van der Waals surface area contributed by atoms with Crippen LogP contribution in [-0.2, 0) is 20.1 Å². The Kier molecular flexibility index (Phi) is 10.8. The van der Waals surface area contributed by atoms with Crippen molar-refractivity contribution in [3.05, 3.63) is 139 Å². The average molecular weight is 932 g/mol. The third-order valence-electron chi connectivity index (χ3n) is 11.3. The third kappa shape index (κ3) is 8.06. The van der Waals surface area contributed by atoms with Crippen molar-refractivity contribution < 1.29 is 25.9 Å². The summed E-state index contributed by atoms with van der Waals surface area (Å²) >= 11 is 0. The summed E-state index contributed by atoms with van der Waals surface area (Å²) in [6.07, 6.45) is 5.83. The molecule has 0 saturated carbocycles. The second-order valence-electron chi connectivity index (χ2n) is 17.1. The minimum absolute atomic E-state index is 0. The Morgan fingerprint density at radius 2 is 1.53 bits per heavy atom. The van der Waals surface area contributed by atoms with Crippen molar-refractivity contribution in [2.24, 2.45) is 0 Å². The molecule has 1 aliphatic heterocycles. The van der Waals surface area contributed by atoms with Crippen molar-refractivity contribution in [3.8, 4) is 22.5 Å². The molecular weight excluding hydrogens is 881 g/mol. The summed E-state index contributed by atoms with van der Waals surface area (Å²) in [6.45, 7) is 16.6. The van der Waals surface area contributed by atoms with Gasteiger partial charge < -0.3 is 14.4 Å². The Labute approximate surface area is 343 Å². The molecule has 55 heavy (non-hydrogen) atoms. The van der Waals surface area contributed by atoms with Gasteiger partial charge in [0, 0.05) is 47.3 Å². The van der Waals surface area contributed by atoms with Crippen LogP contribution in [0.1, 0.15) is 51.0 Å². The summed E-state index contributed by atoms with van der Waals surface area (Å²) in [7, 11) is -2.48. The van der Waals surface area contributed by atoms with Gasteiger partial charge in [0.25, 0.3) is 0 Å². The molecule has 0 N–H and O–H groups in total. The SMILES string of the molecule is CC(C)c1cc(-c2[c-]cccc2)ncc1[Si](C)(C)C.[2H]C1(c2ccnc(-c3[c-]ccc4c3oc3cc5c(ccc6ccccc65)cc34)c2)CC[Si](C)(C)CC1.[Ir]. The number of fused-ring (bicyclic) bond motifs is 6. The quantitative estimate of drug-likeness (QED) is 0.0981. The van der Waals surface area contributed by atoms with Crippen LogP contribution in [0.15, 0.2) is 120 Å². The number of furan rings is 1. The van der Waals surface area contributed by atoms with Crippen molar-refractivity contribution in [1.29, 1.82) is 0 Å². The maximum atomic E-state index is 9.26. The van der Waals surface area contributed by atoms with E-state index in [0.29, 0.717) is 5.92 Å². The molecule has 0 amide bonds. The molecule has 9 rings (SSSR count). The van der Waals surface area contributed by atoms with Gasteiger partial charge in [-0.2, -0.15) is 0 Å². The van der Waals surface area contributed by atoms with Gasteiger partial charge in [0.2, 0.25) is 0 Å². The van der Waals surface area contributed by atoms with Gasteiger partial charge in [0.05, 0.1) is 13.7 Å². The van der Waals surface area contributed by atoms with Gasteiger partial charge in [-0.3, -0.25) is 0 Å². The topological polar surface area (TPSA) is 38.9 Å². The number of nitrogens with zero attached hydrogens (tertiary/aromatic N) is 2. The van der Waals surface area contributed by atoms with Crippen LogP contribution in [0.2, 0.25) is 44.8 Å². The molecule has 1 radical (unpaired) electrons. The van der Waals surface area contributed by atoms with Crippen LogP contribution < -0.4 is 5.19 Å². The molecule has 1 fully saturated rings. The van der Waals surface area contributed by atoms with Crippen LogP contribution in [0.25, 0.3) is 66.0 Å². The minimum Gasteiger partial charge on any atom is -0.501 e. The Morgan fingerprint density at radius 3 is 2.27 bits per heavy atom. The normalized spacial score (nSPS) is 15.5. The number of hydrogen-bond acceptors (Lipinski definition) is 3. The molecule has 4 heterocycles.